The molecule has 1 aromatic rings. The van der Waals surface area contributed by atoms with Crippen molar-refractivity contribution in [3.05, 3.63) is 33.3 Å². The first-order valence-electron chi connectivity index (χ1n) is 4.55. The van der Waals surface area contributed by atoms with Crippen LogP contribution in [0.25, 0.3) is 0 Å². The minimum atomic E-state index is 0.00613. The molecule has 0 aliphatic carbocycles. The van der Waals surface area contributed by atoms with Gasteiger partial charge in [-0.1, -0.05) is 27.5 Å². The van der Waals surface area contributed by atoms with Crippen molar-refractivity contribution >= 4 is 27.5 Å². The van der Waals surface area contributed by atoms with Crippen molar-refractivity contribution < 1.29 is 0 Å². The van der Waals surface area contributed by atoms with Crippen molar-refractivity contribution in [2.24, 2.45) is 11.5 Å². The lowest BCUT2D eigenvalue weighted by Crippen LogP contribution is -2.13. The van der Waals surface area contributed by atoms with Crippen molar-refractivity contribution in [3.8, 4) is 0 Å². The first-order chi connectivity index (χ1) is 6.65. The Morgan fingerprint density at radius 1 is 1.43 bits per heavy atom. The molecule has 0 heterocycles. The summed E-state index contributed by atoms with van der Waals surface area (Å²) < 4.78 is 1.01. The van der Waals surface area contributed by atoms with Gasteiger partial charge in [0.05, 0.1) is 0 Å². The number of benzene rings is 1. The highest BCUT2D eigenvalue weighted by Gasteiger charge is 2.09. The molecule has 0 saturated heterocycles. The van der Waals surface area contributed by atoms with Crippen molar-refractivity contribution in [2.45, 2.75) is 18.9 Å². The van der Waals surface area contributed by atoms with E-state index in [0.29, 0.717) is 11.6 Å². The third kappa shape index (κ3) is 3.24. The molecule has 1 atom stereocenters. The topological polar surface area (TPSA) is 52.0 Å². The van der Waals surface area contributed by atoms with E-state index in [0.717, 1.165) is 22.9 Å². The number of nitrogens with two attached hydrogens (primary N) is 2. The summed E-state index contributed by atoms with van der Waals surface area (Å²) in [4.78, 5) is 0. The van der Waals surface area contributed by atoms with Gasteiger partial charge >= 0.3 is 0 Å². The highest BCUT2D eigenvalue weighted by Crippen LogP contribution is 2.27. The zero-order valence-corrected chi connectivity index (χ0v) is 10.2. The second-order valence-corrected chi connectivity index (χ2v) is 4.49. The zero-order valence-electron chi connectivity index (χ0n) is 7.84. The molecule has 0 amide bonds. The Kier molecular flexibility index (Phi) is 4.89. The number of halogens is 2. The molecule has 0 spiro atoms. The Morgan fingerprint density at radius 3 is 2.79 bits per heavy atom. The maximum Gasteiger partial charge on any atom is 0.0410 e. The van der Waals surface area contributed by atoms with E-state index < -0.39 is 0 Å². The van der Waals surface area contributed by atoms with Crippen LogP contribution in [0.4, 0.5) is 0 Å². The Morgan fingerprint density at radius 2 is 2.14 bits per heavy atom. The summed E-state index contributed by atoms with van der Waals surface area (Å²) in [6, 6.07) is 5.66. The maximum absolute atomic E-state index is 6.01. The van der Waals surface area contributed by atoms with Gasteiger partial charge in [0.15, 0.2) is 0 Å². The van der Waals surface area contributed by atoms with E-state index in [1.54, 1.807) is 0 Å². The molecule has 0 radical (unpaired) electrons. The molecule has 14 heavy (non-hydrogen) atoms. The van der Waals surface area contributed by atoms with Gasteiger partial charge in [-0.3, -0.25) is 0 Å². The van der Waals surface area contributed by atoms with E-state index in [4.69, 9.17) is 23.1 Å². The van der Waals surface area contributed by atoms with Crippen LogP contribution in [0.3, 0.4) is 0 Å². The van der Waals surface area contributed by atoms with E-state index >= 15 is 0 Å². The van der Waals surface area contributed by atoms with Gasteiger partial charge in [-0.05, 0) is 43.1 Å². The third-order valence-electron chi connectivity index (χ3n) is 2.08. The van der Waals surface area contributed by atoms with Crippen LogP contribution >= 0.6 is 27.5 Å². The van der Waals surface area contributed by atoms with E-state index in [2.05, 4.69) is 15.9 Å². The Hall–Kier alpha value is -0.0900. The van der Waals surface area contributed by atoms with Gasteiger partial charge in [0.1, 0.15) is 0 Å². The monoisotopic (exact) mass is 276 g/mol. The van der Waals surface area contributed by atoms with Gasteiger partial charge < -0.3 is 11.5 Å². The van der Waals surface area contributed by atoms with Gasteiger partial charge in [0.25, 0.3) is 0 Å². The van der Waals surface area contributed by atoms with E-state index in [1.807, 2.05) is 18.2 Å². The van der Waals surface area contributed by atoms with Gasteiger partial charge in [-0.25, -0.2) is 0 Å². The van der Waals surface area contributed by atoms with Crippen LogP contribution in [0.5, 0.6) is 0 Å². The minimum absolute atomic E-state index is 0.00613. The molecule has 1 rings (SSSR count). The van der Waals surface area contributed by atoms with Crippen LogP contribution in [0.1, 0.15) is 24.4 Å². The summed E-state index contributed by atoms with van der Waals surface area (Å²) >= 11 is 9.35. The molecule has 0 aliphatic rings. The van der Waals surface area contributed by atoms with Crippen molar-refractivity contribution in [1.29, 1.82) is 0 Å². The van der Waals surface area contributed by atoms with Gasteiger partial charge in [-0.15, -0.1) is 0 Å². The van der Waals surface area contributed by atoms with Crippen molar-refractivity contribution in [1.82, 2.24) is 0 Å². The predicted octanol–water partition coefficient (Wildman–Crippen LogP) is 2.84. The van der Waals surface area contributed by atoms with Crippen LogP contribution in [0.15, 0.2) is 22.7 Å². The summed E-state index contributed by atoms with van der Waals surface area (Å²) in [7, 11) is 0. The molecule has 0 aliphatic heterocycles. The van der Waals surface area contributed by atoms with Crippen molar-refractivity contribution in [3.63, 3.8) is 0 Å². The fourth-order valence-electron chi connectivity index (χ4n) is 1.29. The fourth-order valence-corrected chi connectivity index (χ4v) is 2.01. The van der Waals surface area contributed by atoms with Crippen LogP contribution in [0, 0.1) is 0 Å². The molecular weight excluding hydrogens is 263 g/mol. The average Bonchev–Trinajstić information content (AvgIpc) is 2.18. The van der Waals surface area contributed by atoms with Gasteiger partial charge in [-0.2, -0.15) is 0 Å². The largest absolute Gasteiger partial charge is 0.330 e. The number of hydrogen-bond acceptors (Lipinski definition) is 2. The Balaban J connectivity index is 2.77. The molecule has 0 saturated carbocycles. The van der Waals surface area contributed by atoms with Crippen LogP contribution < -0.4 is 11.5 Å². The normalized spacial score (nSPS) is 12.9. The predicted molar refractivity (Wildman–Crippen MR) is 64.4 cm³/mol. The fraction of sp³-hybridized carbons (Fsp3) is 0.400. The molecule has 0 fully saturated rings. The lowest BCUT2D eigenvalue weighted by molar-refractivity contribution is 0.616. The molecule has 4 N–H and O–H groups in total. The molecule has 0 bridgehead atoms. The number of hydrogen-bond donors (Lipinski definition) is 2. The van der Waals surface area contributed by atoms with Crippen LogP contribution in [-0.2, 0) is 0 Å². The second-order valence-electron chi connectivity index (χ2n) is 3.20. The third-order valence-corrected chi connectivity index (χ3v) is 3.03. The summed E-state index contributed by atoms with van der Waals surface area (Å²) in [6.07, 6.45) is 1.82. The Bertz CT molecular complexity index is 304. The van der Waals surface area contributed by atoms with E-state index in [1.165, 1.54) is 0 Å². The summed E-state index contributed by atoms with van der Waals surface area (Å²) in [5.41, 5.74) is 12.5. The molecular formula is C10H14BrClN2. The summed E-state index contributed by atoms with van der Waals surface area (Å²) in [5, 5.41) is 0.714. The lowest BCUT2D eigenvalue weighted by atomic mass is 10.0. The molecule has 1 aromatic carbocycles. The molecule has 0 aromatic heterocycles. The van der Waals surface area contributed by atoms with E-state index in [-0.39, 0.29) is 6.04 Å². The second kappa shape index (κ2) is 5.71. The standard InChI is InChI=1S/C10H14BrClN2/c11-9-4-3-7(12)6-8(9)10(14)2-1-5-13/h3-4,6,10H,1-2,5,13-14H2/t10-/m1/s1. The molecule has 78 valence electrons. The summed E-state index contributed by atoms with van der Waals surface area (Å²) in [5.74, 6) is 0. The SMILES string of the molecule is NCCC[C@@H](N)c1cc(Cl)ccc1Br. The van der Waals surface area contributed by atoms with Gasteiger partial charge in [0, 0.05) is 15.5 Å². The van der Waals surface area contributed by atoms with Crippen LogP contribution in [0.2, 0.25) is 5.02 Å². The minimum Gasteiger partial charge on any atom is -0.330 e. The zero-order chi connectivity index (χ0) is 10.6. The van der Waals surface area contributed by atoms with Crippen molar-refractivity contribution in [2.75, 3.05) is 6.54 Å². The average molecular weight is 278 g/mol. The van der Waals surface area contributed by atoms with Gasteiger partial charge in [0.2, 0.25) is 0 Å². The molecule has 4 heteroatoms. The lowest BCUT2D eigenvalue weighted by Gasteiger charge is -2.13. The molecule has 0 unspecified atom stereocenters. The Labute approximate surface area is 97.7 Å². The first-order valence-corrected chi connectivity index (χ1v) is 5.73. The highest BCUT2D eigenvalue weighted by molar-refractivity contribution is 9.10. The maximum atomic E-state index is 6.01. The van der Waals surface area contributed by atoms with E-state index in [9.17, 15) is 0 Å². The smallest absolute Gasteiger partial charge is 0.0410 e. The quantitative estimate of drug-likeness (QED) is 0.889. The highest BCUT2D eigenvalue weighted by atomic mass is 79.9. The molecule has 2 nitrogen and oxygen atoms in total. The first kappa shape index (κ1) is 12.0. The van der Waals surface area contributed by atoms with Crippen LogP contribution in [-0.4, -0.2) is 6.54 Å². The number of rotatable bonds is 4. The summed E-state index contributed by atoms with van der Waals surface area (Å²) in [6.45, 7) is 0.673.